The summed E-state index contributed by atoms with van der Waals surface area (Å²) in [4.78, 5) is 0. The lowest BCUT2D eigenvalue weighted by Crippen LogP contribution is -2.17. The van der Waals surface area contributed by atoms with E-state index in [2.05, 4.69) is 134 Å². The molecule has 0 saturated heterocycles. The van der Waals surface area contributed by atoms with Crippen LogP contribution in [0.4, 0.5) is 0 Å². The van der Waals surface area contributed by atoms with Crippen LogP contribution < -0.4 is 0 Å². The van der Waals surface area contributed by atoms with E-state index in [1.165, 1.54) is 11.1 Å². The van der Waals surface area contributed by atoms with E-state index < -0.39 is 5.41 Å². The Balaban J connectivity index is 1.88. The maximum Gasteiger partial charge on any atom is 0.0629 e. The third kappa shape index (κ3) is 5.28. The quantitative estimate of drug-likeness (QED) is 0.196. The molecule has 6 rings (SSSR count). The van der Waals surface area contributed by atoms with Crippen LogP contribution in [0.1, 0.15) is 90.1 Å². The van der Waals surface area contributed by atoms with Crippen LogP contribution in [0.5, 0.6) is 0 Å². The number of rotatable bonds is 3. The summed E-state index contributed by atoms with van der Waals surface area (Å²) in [5.74, 6) is 0. The van der Waals surface area contributed by atoms with E-state index in [0.29, 0.717) is 11.1 Å². The fraction of sp³-hybridized carbons (Fsp3) is 0.302. The highest BCUT2D eigenvalue weighted by atomic mass is 15.0. The van der Waals surface area contributed by atoms with Gasteiger partial charge in [0.25, 0.3) is 0 Å². The van der Waals surface area contributed by atoms with Crippen molar-refractivity contribution in [2.24, 2.45) is 0 Å². The van der Waals surface area contributed by atoms with E-state index in [-0.39, 0.29) is 35.0 Å². The lowest BCUT2D eigenvalue weighted by molar-refractivity contribution is 0.568. The van der Waals surface area contributed by atoms with E-state index in [0.717, 1.165) is 49.7 Å². The molecule has 0 unspecified atom stereocenters. The van der Waals surface area contributed by atoms with E-state index >= 15 is 0 Å². The molecule has 224 valence electrons. The molecule has 0 amide bonds. The van der Waals surface area contributed by atoms with E-state index in [9.17, 15) is 0 Å². The molecule has 0 fully saturated rings. The lowest BCUT2D eigenvalue weighted by atomic mass is 9.78. The van der Waals surface area contributed by atoms with Gasteiger partial charge in [-0.1, -0.05) is 147 Å². The van der Waals surface area contributed by atoms with Gasteiger partial charge in [0.2, 0.25) is 0 Å². The molecule has 0 aliphatic carbocycles. The molecule has 1 heteroatoms. The minimum absolute atomic E-state index is 0.00179. The predicted molar refractivity (Wildman–Crippen MR) is 192 cm³/mol. The Morgan fingerprint density at radius 3 is 1.68 bits per heavy atom. The summed E-state index contributed by atoms with van der Waals surface area (Å²) < 4.78 is 37.9. The third-order valence-corrected chi connectivity index (χ3v) is 8.72. The zero-order chi connectivity index (χ0) is 35.1. The van der Waals surface area contributed by atoms with E-state index in [4.69, 9.17) is 5.48 Å². The molecule has 6 aromatic rings. The molecule has 0 spiro atoms. The van der Waals surface area contributed by atoms with Crippen molar-refractivity contribution in [1.29, 1.82) is 0 Å². The summed E-state index contributed by atoms with van der Waals surface area (Å²) in [6, 6.07) is 28.2. The molecular weight excluding hydrogens is 530 g/mol. The maximum atomic E-state index is 9.07. The van der Waals surface area contributed by atoms with Crippen molar-refractivity contribution in [3.63, 3.8) is 0 Å². The van der Waals surface area contributed by atoms with Crippen molar-refractivity contribution < 1.29 is 5.48 Å². The summed E-state index contributed by atoms with van der Waals surface area (Å²) in [5, 5.41) is 2.19. The van der Waals surface area contributed by atoms with Gasteiger partial charge in [0.05, 0.1) is 16.5 Å². The van der Waals surface area contributed by atoms with Crippen LogP contribution in [0.3, 0.4) is 0 Å². The number of hydrogen-bond donors (Lipinski definition) is 0. The van der Waals surface area contributed by atoms with Crippen LogP contribution in [0.25, 0.3) is 49.7 Å². The number of hydrogen-bond acceptors (Lipinski definition) is 0. The molecule has 5 aromatic carbocycles. The molecule has 44 heavy (non-hydrogen) atoms. The number of fused-ring (bicyclic) bond motifs is 3. The van der Waals surface area contributed by atoms with Gasteiger partial charge >= 0.3 is 0 Å². The fourth-order valence-electron chi connectivity index (χ4n) is 6.39. The van der Waals surface area contributed by atoms with Crippen molar-refractivity contribution in [3.05, 3.63) is 125 Å². The van der Waals surface area contributed by atoms with Gasteiger partial charge in [0.15, 0.2) is 0 Å². The van der Waals surface area contributed by atoms with E-state index in [1.807, 2.05) is 12.1 Å². The van der Waals surface area contributed by atoms with Crippen molar-refractivity contribution >= 4 is 21.8 Å². The first kappa shape index (κ1) is 25.2. The highest BCUT2D eigenvalue weighted by Crippen LogP contribution is 2.47. The fourth-order valence-corrected chi connectivity index (χ4v) is 6.39. The Labute approximate surface area is 270 Å². The summed E-state index contributed by atoms with van der Waals surface area (Å²) >= 11 is 0. The lowest BCUT2D eigenvalue weighted by Gasteiger charge is -2.27. The molecule has 0 radical (unpaired) electrons. The minimum Gasteiger partial charge on any atom is -0.309 e. The molecule has 0 bridgehead atoms. The Bertz CT molecular complexity index is 2160. The zero-order valence-electron chi connectivity index (χ0n) is 32.0. The first-order valence-electron chi connectivity index (χ1n) is 17.7. The Kier molecular flexibility index (Phi) is 6.03. The second-order valence-electron chi connectivity index (χ2n) is 15.3. The summed E-state index contributed by atoms with van der Waals surface area (Å²) in [7, 11) is 0. The minimum atomic E-state index is -0.407. The SMILES string of the molecule is [2H]c1c([2H])c(-c2ccc3c(c2C(C)(C)C)c2c(-c4ccccc4)cccc2n3-c2cc(C(C)(C)C)cc(C(C)(C)C)c2)c([2H])c([2H])c1C. The largest absolute Gasteiger partial charge is 0.309 e. The van der Waals surface area contributed by atoms with Crippen molar-refractivity contribution in [1.82, 2.24) is 4.57 Å². The smallest absolute Gasteiger partial charge is 0.0629 e. The van der Waals surface area contributed by atoms with Crippen LogP contribution in [0, 0.1) is 6.92 Å². The molecular formula is C43H47N. The number of nitrogens with zero attached hydrogens (tertiary/aromatic N) is 1. The van der Waals surface area contributed by atoms with Gasteiger partial charge < -0.3 is 4.57 Å². The molecule has 1 heterocycles. The van der Waals surface area contributed by atoms with Gasteiger partial charge in [0.1, 0.15) is 0 Å². The van der Waals surface area contributed by atoms with Crippen LogP contribution >= 0.6 is 0 Å². The molecule has 1 aromatic heterocycles. The Morgan fingerprint density at radius 2 is 1.11 bits per heavy atom. The average molecular weight is 582 g/mol. The monoisotopic (exact) mass is 581 g/mol. The topological polar surface area (TPSA) is 4.93 Å². The molecule has 0 N–H and O–H groups in total. The standard InChI is InChI=1S/C43H47N/c1-28-19-21-30(22-20-28)35-23-24-37-39(40(35)43(8,9)10)38-34(29-15-12-11-13-16-29)17-14-18-36(38)44(37)33-26-31(41(2,3)4)25-32(27-33)42(5,6)7/h11-27H,1-10H3/i19D,20D,21D,22D. The third-order valence-electron chi connectivity index (χ3n) is 8.72. The molecule has 0 aliphatic rings. The highest BCUT2D eigenvalue weighted by molar-refractivity contribution is 6.18. The maximum absolute atomic E-state index is 9.07. The first-order chi connectivity index (χ1) is 22.3. The first-order valence-corrected chi connectivity index (χ1v) is 15.7. The van der Waals surface area contributed by atoms with Crippen LogP contribution in [0.15, 0.2) is 103 Å². The van der Waals surface area contributed by atoms with Crippen molar-refractivity contribution in [2.45, 2.75) is 85.5 Å². The Hall–Kier alpha value is -4.10. The highest BCUT2D eigenvalue weighted by Gasteiger charge is 2.28. The second-order valence-corrected chi connectivity index (χ2v) is 15.3. The summed E-state index contributed by atoms with van der Waals surface area (Å²) in [5.41, 5.74) is 9.97. The second kappa shape index (κ2) is 10.5. The van der Waals surface area contributed by atoms with Crippen LogP contribution in [0.2, 0.25) is 0 Å². The summed E-state index contributed by atoms with van der Waals surface area (Å²) in [6.45, 7) is 21.8. The number of benzene rings is 5. The van der Waals surface area contributed by atoms with Gasteiger partial charge in [-0.2, -0.15) is 0 Å². The van der Waals surface area contributed by atoms with Gasteiger partial charge in [-0.05, 0) is 86.4 Å². The van der Waals surface area contributed by atoms with Gasteiger partial charge in [-0.3, -0.25) is 0 Å². The van der Waals surface area contributed by atoms with Crippen LogP contribution in [-0.4, -0.2) is 4.57 Å². The van der Waals surface area contributed by atoms with Crippen LogP contribution in [-0.2, 0) is 16.2 Å². The van der Waals surface area contributed by atoms with Gasteiger partial charge in [-0.25, -0.2) is 0 Å². The molecule has 0 aliphatic heterocycles. The van der Waals surface area contributed by atoms with Crippen molar-refractivity contribution in [2.75, 3.05) is 0 Å². The summed E-state index contributed by atoms with van der Waals surface area (Å²) in [6.07, 6.45) is 0. The molecule has 0 atom stereocenters. The Morgan fingerprint density at radius 1 is 0.523 bits per heavy atom. The van der Waals surface area contributed by atoms with Gasteiger partial charge in [-0.15, -0.1) is 0 Å². The zero-order valence-corrected chi connectivity index (χ0v) is 28.0. The molecule has 1 nitrogen and oxygen atoms in total. The van der Waals surface area contributed by atoms with Crippen molar-refractivity contribution in [3.8, 4) is 27.9 Å². The molecule has 0 saturated carbocycles. The van der Waals surface area contributed by atoms with E-state index in [1.54, 1.807) is 6.92 Å². The predicted octanol–water partition coefficient (Wildman–Crippen LogP) is 12.3. The van der Waals surface area contributed by atoms with Gasteiger partial charge in [0, 0.05) is 16.5 Å². The number of aromatic nitrogens is 1. The average Bonchev–Trinajstić information content (AvgIpc) is 3.36. The normalized spacial score (nSPS) is 14.0.